The topological polar surface area (TPSA) is 63.2 Å². The second-order valence-electron chi connectivity index (χ2n) is 5.56. The molecule has 0 N–H and O–H groups in total. The Morgan fingerprint density at radius 3 is 2.00 bits per heavy atom. The largest absolute Gasteiger partial charge is 0.274 e. The predicted molar refractivity (Wildman–Crippen MR) is 78.5 cm³/mol. The molecule has 2 bridgehead atoms. The first-order chi connectivity index (χ1) is 9.61. The molecular weight excluding hydrogens is 390 g/mol. The minimum atomic E-state index is -0.213. The fraction of sp³-hybridized carbons (Fsp3) is 0.538. The molecule has 2 heterocycles. The lowest BCUT2D eigenvalue weighted by molar-refractivity contribution is -0.123. The van der Waals surface area contributed by atoms with Crippen LogP contribution in [-0.4, -0.2) is 31.4 Å². The fourth-order valence-corrected chi connectivity index (χ4v) is 5.83. The number of carbonyl (C=O) groups excluding carboxylic acids is 2. The first-order valence-corrected chi connectivity index (χ1v) is 8.37. The Labute approximate surface area is 132 Å². The smallest absolute Gasteiger partial charge is 0.240 e. The van der Waals surface area contributed by atoms with Crippen molar-refractivity contribution in [2.45, 2.75) is 16.1 Å². The molecule has 2 amide bonds. The van der Waals surface area contributed by atoms with Crippen LogP contribution < -0.4 is 4.90 Å². The second-order valence-corrected chi connectivity index (χ2v) is 7.68. The maximum Gasteiger partial charge on any atom is 0.240 e. The first-order valence-electron chi connectivity index (χ1n) is 6.54. The Morgan fingerprint density at radius 1 is 1.00 bits per heavy atom. The molecule has 4 rings (SSSR count). The van der Waals surface area contributed by atoms with Crippen LogP contribution in [0.3, 0.4) is 0 Å². The normalized spacial score (nSPS) is 42.4. The van der Waals surface area contributed by atoms with E-state index in [9.17, 15) is 9.59 Å². The van der Waals surface area contributed by atoms with Crippen molar-refractivity contribution < 1.29 is 9.59 Å². The van der Waals surface area contributed by atoms with Crippen LogP contribution in [0.1, 0.15) is 6.42 Å². The molecule has 6 atom stereocenters. The van der Waals surface area contributed by atoms with Crippen molar-refractivity contribution in [1.29, 1.82) is 0 Å². The third-order valence-corrected chi connectivity index (χ3v) is 7.95. The Morgan fingerprint density at radius 2 is 1.50 bits per heavy atom. The van der Waals surface area contributed by atoms with Gasteiger partial charge < -0.3 is 0 Å². The minimum absolute atomic E-state index is 0.137. The highest BCUT2D eigenvalue weighted by Crippen LogP contribution is 2.60. The van der Waals surface area contributed by atoms with E-state index in [1.54, 1.807) is 18.5 Å². The van der Waals surface area contributed by atoms with Gasteiger partial charge in [0, 0.05) is 22.0 Å². The van der Waals surface area contributed by atoms with E-state index in [1.165, 1.54) is 4.90 Å². The van der Waals surface area contributed by atoms with E-state index in [0.29, 0.717) is 0 Å². The molecule has 6 unspecified atom stereocenters. The molecule has 1 aromatic heterocycles. The van der Waals surface area contributed by atoms with E-state index >= 15 is 0 Å². The van der Waals surface area contributed by atoms with Gasteiger partial charge in [0.1, 0.15) is 0 Å². The minimum Gasteiger partial charge on any atom is -0.274 e. The van der Waals surface area contributed by atoms with E-state index in [-0.39, 0.29) is 51.1 Å². The van der Waals surface area contributed by atoms with Gasteiger partial charge in [-0.15, -0.1) is 0 Å². The molecule has 3 aliphatic rings. The maximum atomic E-state index is 12.6. The van der Waals surface area contributed by atoms with Gasteiger partial charge in [-0.3, -0.25) is 9.59 Å². The molecule has 1 aromatic rings. The molecule has 2 saturated carbocycles. The Bertz CT molecular complexity index is 565. The van der Waals surface area contributed by atoms with Crippen LogP contribution in [0, 0.1) is 23.7 Å². The summed E-state index contributed by atoms with van der Waals surface area (Å²) in [6.45, 7) is 0. The van der Waals surface area contributed by atoms with Crippen molar-refractivity contribution in [1.82, 2.24) is 9.97 Å². The standard InChI is InChI=1S/C13H11Br2N3O2/c14-9-5-4-6(10(9)15)8-7(5)11(19)18(12(8)20)13-16-2-1-3-17-13/h1-3,5-10H,4H2. The number of hydrogen-bond acceptors (Lipinski definition) is 4. The average molecular weight is 401 g/mol. The molecule has 104 valence electrons. The number of fused-ring (bicyclic) bond motifs is 5. The number of alkyl halides is 2. The third kappa shape index (κ3) is 1.48. The summed E-state index contributed by atoms with van der Waals surface area (Å²) in [5, 5.41) is 0. The van der Waals surface area contributed by atoms with Crippen molar-refractivity contribution in [3.8, 4) is 0 Å². The van der Waals surface area contributed by atoms with Gasteiger partial charge in [-0.05, 0) is 24.3 Å². The summed E-state index contributed by atoms with van der Waals surface area (Å²) in [5.74, 6) is -0.0540. The molecule has 2 aliphatic carbocycles. The maximum absolute atomic E-state index is 12.6. The zero-order valence-electron chi connectivity index (χ0n) is 10.3. The van der Waals surface area contributed by atoms with Crippen molar-refractivity contribution in [2.75, 3.05) is 4.90 Å². The molecule has 5 nitrogen and oxygen atoms in total. The lowest BCUT2D eigenvalue weighted by Gasteiger charge is -2.28. The number of carbonyl (C=O) groups is 2. The zero-order valence-corrected chi connectivity index (χ0v) is 13.5. The SMILES string of the molecule is O=C1C2C3CC(C(Br)C3Br)C2C(=O)N1c1ncccn1. The Kier molecular flexibility index (Phi) is 2.79. The van der Waals surface area contributed by atoms with Crippen molar-refractivity contribution in [3.05, 3.63) is 18.5 Å². The van der Waals surface area contributed by atoms with Crippen LogP contribution >= 0.6 is 31.9 Å². The van der Waals surface area contributed by atoms with Crippen LogP contribution in [-0.2, 0) is 9.59 Å². The van der Waals surface area contributed by atoms with Gasteiger partial charge >= 0.3 is 0 Å². The van der Waals surface area contributed by atoms with E-state index < -0.39 is 0 Å². The monoisotopic (exact) mass is 399 g/mol. The fourth-order valence-electron chi connectivity index (χ4n) is 3.95. The predicted octanol–water partition coefficient (Wildman–Crippen LogP) is 1.76. The van der Waals surface area contributed by atoms with Gasteiger partial charge in [0.2, 0.25) is 17.8 Å². The number of halogens is 2. The average Bonchev–Trinajstić information content (AvgIpc) is 3.05. The number of nitrogens with zero attached hydrogens (tertiary/aromatic N) is 3. The molecule has 1 saturated heterocycles. The molecule has 1 aliphatic heterocycles. The van der Waals surface area contributed by atoms with Crippen molar-refractivity contribution >= 4 is 49.6 Å². The molecule has 7 heteroatoms. The van der Waals surface area contributed by atoms with Gasteiger partial charge in [0.15, 0.2) is 0 Å². The number of rotatable bonds is 1. The summed E-state index contributed by atoms with van der Waals surface area (Å²) in [7, 11) is 0. The van der Waals surface area contributed by atoms with Gasteiger partial charge in [0.05, 0.1) is 11.8 Å². The first kappa shape index (κ1) is 12.9. The summed E-state index contributed by atoms with van der Waals surface area (Å²) in [4.78, 5) is 35.0. The molecule has 0 aromatic carbocycles. The number of amides is 2. The highest BCUT2D eigenvalue weighted by molar-refractivity contribution is 9.12. The summed E-state index contributed by atoms with van der Waals surface area (Å²) in [6.07, 6.45) is 4.03. The Hall–Kier alpha value is -0.820. The third-order valence-electron chi connectivity index (χ3n) is 4.74. The van der Waals surface area contributed by atoms with Gasteiger partial charge in [-0.2, -0.15) is 0 Å². The van der Waals surface area contributed by atoms with E-state index in [4.69, 9.17) is 0 Å². The quantitative estimate of drug-likeness (QED) is 0.532. The summed E-state index contributed by atoms with van der Waals surface area (Å²) in [6, 6.07) is 1.67. The summed E-state index contributed by atoms with van der Waals surface area (Å²) in [5.41, 5.74) is 0. The molecule has 3 fully saturated rings. The number of imide groups is 1. The van der Waals surface area contributed by atoms with Gasteiger partial charge in [0.25, 0.3) is 0 Å². The highest BCUT2D eigenvalue weighted by Gasteiger charge is 2.66. The Balaban J connectivity index is 1.75. The van der Waals surface area contributed by atoms with Crippen molar-refractivity contribution in [3.63, 3.8) is 0 Å². The van der Waals surface area contributed by atoms with E-state index in [2.05, 4.69) is 41.8 Å². The number of aromatic nitrogens is 2. The highest BCUT2D eigenvalue weighted by atomic mass is 79.9. The number of hydrogen-bond donors (Lipinski definition) is 0. The lowest BCUT2D eigenvalue weighted by atomic mass is 9.81. The zero-order chi connectivity index (χ0) is 14.0. The molecular formula is C13H11Br2N3O2. The van der Waals surface area contributed by atoms with Crippen LogP contribution in [0.5, 0.6) is 0 Å². The van der Waals surface area contributed by atoms with E-state index in [0.717, 1.165) is 6.42 Å². The molecule has 20 heavy (non-hydrogen) atoms. The van der Waals surface area contributed by atoms with Crippen molar-refractivity contribution in [2.24, 2.45) is 23.7 Å². The van der Waals surface area contributed by atoms with Gasteiger partial charge in [-0.25, -0.2) is 14.9 Å². The van der Waals surface area contributed by atoms with Crippen LogP contribution in [0.2, 0.25) is 0 Å². The van der Waals surface area contributed by atoms with Crippen LogP contribution in [0.4, 0.5) is 5.95 Å². The molecule has 0 spiro atoms. The van der Waals surface area contributed by atoms with Crippen LogP contribution in [0.25, 0.3) is 0 Å². The summed E-state index contributed by atoms with van der Waals surface area (Å²) < 4.78 is 0. The second kappa shape index (κ2) is 4.34. The number of anilines is 1. The van der Waals surface area contributed by atoms with Gasteiger partial charge in [-0.1, -0.05) is 31.9 Å². The molecule has 0 radical (unpaired) electrons. The van der Waals surface area contributed by atoms with E-state index in [1.807, 2.05) is 0 Å². The summed E-state index contributed by atoms with van der Waals surface area (Å²) >= 11 is 7.32. The lowest BCUT2D eigenvalue weighted by Crippen LogP contribution is -2.37. The van der Waals surface area contributed by atoms with Crippen LogP contribution in [0.15, 0.2) is 18.5 Å².